The van der Waals surface area contributed by atoms with Crippen molar-refractivity contribution in [2.45, 2.75) is 4.34 Å². The maximum absolute atomic E-state index is 4.09. The Kier molecular flexibility index (Phi) is 2.80. The average Bonchev–Trinajstić information content (AvgIpc) is 2.34. The summed E-state index contributed by atoms with van der Waals surface area (Å²) in [7, 11) is 0. The van der Waals surface area contributed by atoms with Crippen LogP contribution < -0.4 is 0 Å². The van der Waals surface area contributed by atoms with Crippen molar-refractivity contribution in [2.24, 2.45) is 0 Å². The van der Waals surface area contributed by atoms with E-state index in [1.807, 2.05) is 17.7 Å². The molecule has 3 heteroatoms. The Hall–Kier alpha value is -0.280. The van der Waals surface area contributed by atoms with Gasteiger partial charge in [-0.3, -0.25) is 0 Å². The van der Waals surface area contributed by atoms with Gasteiger partial charge in [0.15, 0.2) is 0 Å². The number of thioether (sulfide) groups is 1. The number of aromatic nitrogens is 1. The molecule has 0 saturated carbocycles. The van der Waals surface area contributed by atoms with E-state index in [1.165, 1.54) is 0 Å². The Morgan fingerprint density at radius 3 is 3.33 bits per heavy atom. The largest absolute Gasteiger partial charge is 0.238 e. The van der Waals surface area contributed by atoms with E-state index in [4.69, 9.17) is 0 Å². The van der Waals surface area contributed by atoms with Crippen LogP contribution >= 0.6 is 23.1 Å². The topological polar surface area (TPSA) is 12.9 Å². The van der Waals surface area contributed by atoms with Gasteiger partial charge in [0.05, 0.1) is 0 Å². The Balaban J connectivity index is 2.38. The van der Waals surface area contributed by atoms with Crippen LogP contribution in [-0.2, 0) is 0 Å². The number of thiazole rings is 1. The predicted octanol–water partition coefficient (Wildman–Crippen LogP) is 2.42. The number of rotatable bonds is 3. The van der Waals surface area contributed by atoms with Gasteiger partial charge in [-0.25, -0.2) is 4.98 Å². The lowest BCUT2D eigenvalue weighted by Gasteiger charge is -1.85. The van der Waals surface area contributed by atoms with Crippen molar-refractivity contribution in [3.05, 3.63) is 24.2 Å². The van der Waals surface area contributed by atoms with Gasteiger partial charge < -0.3 is 0 Å². The minimum atomic E-state index is 0.952. The number of nitrogens with zero attached hydrogens (tertiary/aromatic N) is 1. The second-order valence-electron chi connectivity index (χ2n) is 1.40. The molecule has 0 spiro atoms. The molecular weight excluding hydrogens is 150 g/mol. The third kappa shape index (κ3) is 2.20. The summed E-state index contributed by atoms with van der Waals surface area (Å²) in [5.41, 5.74) is 0. The second-order valence-corrected chi connectivity index (χ2v) is 3.56. The number of hydrogen-bond donors (Lipinski definition) is 0. The van der Waals surface area contributed by atoms with E-state index < -0.39 is 0 Å². The predicted molar refractivity (Wildman–Crippen MR) is 43.0 cm³/mol. The van der Waals surface area contributed by atoms with Crippen LogP contribution in [0.15, 0.2) is 28.6 Å². The molecule has 1 aromatic rings. The van der Waals surface area contributed by atoms with Crippen molar-refractivity contribution in [1.82, 2.24) is 4.98 Å². The average molecular weight is 157 g/mol. The van der Waals surface area contributed by atoms with E-state index in [0.717, 1.165) is 10.1 Å². The summed E-state index contributed by atoms with van der Waals surface area (Å²) in [6, 6.07) is 0. The zero-order valence-corrected chi connectivity index (χ0v) is 6.54. The molecule has 0 aliphatic carbocycles. The van der Waals surface area contributed by atoms with Gasteiger partial charge in [-0.1, -0.05) is 17.8 Å². The standard InChI is InChI=1S/C6H7NS2/c1-2-4-8-6-7-3-5-9-6/h2-3,5H,1,4H2. The lowest BCUT2D eigenvalue weighted by molar-refractivity contribution is 1.25. The highest BCUT2D eigenvalue weighted by atomic mass is 32.2. The van der Waals surface area contributed by atoms with Crippen LogP contribution in [0.3, 0.4) is 0 Å². The van der Waals surface area contributed by atoms with Crippen LogP contribution in [0.1, 0.15) is 0 Å². The van der Waals surface area contributed by atoms with Gasteiger partial charge in [0.25, 0.3) is 0 Å². The summed E-state index contributed by atoms with van der Waals surface area (Å²) >= 11 is 3.38. The Morgan fingerprint density at radius 1 is 1.89 bits per heavy atom. The lowest BCUT2D eigenvalue weighted by Crippen LogP contribution is -1.67. The van der Waals surface area contributed by atoms with Crippen molar-refractivity contribution in [3.63, 3.8) is 0 Å². The van der Waals surface area contributed by atoms with Crippen molar-refractivity contribution < 1.29 is 0 Å². The van der Waals surface area contributed by atoms with Crippen LogP contribution in [-0.4, -0.2) is 10.7 Å². The molecule has 1 heterocycles. The van der Waals surface area contributed by atoms with E-state index in [0.29, 0.717) is 0 Å². The molecule has 1 rings (SSSR count). The highest BCUT2D eigenvalue weighted by Crippen LogP contribution is 2.19. The van der Waals surface area contributed by atoms with Crippen LogP contribution in [0.2, 0.25) is 0 Å². The minimum Gasteiger partial charge on any atom is -0.238 e. The quantitative estimate of drug-likeness (QED) is 0.493. The zero-order chi connectivity index (χ0) is 6.53. The van der Waals surface area contributed by atoms with Crippen molar-refractivity contribution in [2.75, 3.05) is 5.75 Å². The Labute approximate surface area is 62.8 Å². The highest BCUT2D eigenvalue weighted by molar-refractivity contribution is 8.01. The summed E-state index contributed by atoms with van der Waals surface area (Å²) in [6.07, 6.45) is 3.70. The molecule has 0 N–H and O–H groups in total. The number of hydrogen-bond acceptors (Lipinski definition) is 3. The first-order valence-corrected chi connectivity index (χ1v) is 4.43. The van der Waals surface area contributed by atoms with Crippen LogP contribution in [0.5, 0.6) is 0 Å². The van der Waals surface area contributed by atoms with Crippen LogP contribution in [0.25, 0.3) is 0 Å². The normalized spacial score (nSPS) is 9.33. The molecule has 0 atom stereocenters. The lowest BCUT2D eigenvalue weighted by atomic mass is 10.8. The molecule has 0 fully saturated rings. The summed E-state index contributed by atoms with van der Waals surface area (Å²) < 4.78 is 1.12. The molecule has 0 aliphatic heterocycles. The molecule has 0 bridgehead atoms. The third-order valence-corrected chi connectivity index (χ3v) is 2.70. The fraction of sp³-hybridized carbons (Fsp3) is 0.167. The fourth-order valence-electron chi connectivity index (χ4n) is 0.412. The summed E-state index contributed by atoms with van der Waals surface area (Å²) in [6.45, 7) is 3.62. The molecule has 1 nitrogen and oxygen atoms in total. The van der Waals surface area contributed by atoms with Gasteiger partial charge in [-0.05, 0) is 0 Å². The maximum Gasteiger partial charge on any atom is 0.150 e. The molecule has 0 saturated heterocycles. The molecule has 0 aromatic carbocycles. The van der Waals surface area contributed by atoms with E-state index in [1.54, 1.807) is 23.1 Å². The van der Waals surface area contributed by atoms with Gasteiger partial charge in [0, 0.05) is 17.3 Å². The summed E-state index contributed by atoms with van der Waals surface area (Å²) in [4.78, 5) is 4.09. The Morgan fingerprint density at radius 2 is 2.78 bits per heavy atom. The third-order valence-electron chi connectivity index (χ3n) is 0.734. The second kappa shape index (κ2) is 3.69. The van der Waals surface area contributed by atoms with Crippen LogP contribution in [0.4, 0.5) is 0 Å². The van der Waals surface area contributed by atoms with Crippen molar-refractivity contribution in [1.29, 1.82) is 0 Å². The minimum absolute atomic E-state index is 0.952. The van der Waals surface area contributed by atoms with Gasteiger partial charge in [0.1, 0.15) is 4.34 Å². The molecule has 48 valence electrons. The van der Waals surface area contributed by atoms with E-state index in [9.17, 15) is 0 Å². The van der Waals surface area contributed by atoms with E-state index >= 15 is 0 Å². The SMILES string of the molecule is C=CCSc1nccs1. The van der Waals surface area contributed by atoms with Crippen molar-refractivity contribution >= 4 is 23.1 Å². The van der Waals surface area contributed by atoms with Gasteiger partial charge >= 0.3 is 0 Å². The molecule has 0 aliphatic rings. The van der Waals surface area contributed by atoms with Gasteiger partial charge in [-0.15, -0.1) is 17.9 Å². The zero-order valence-electron chi connectivity index (χ0n) is 4.91. The summed E-state index contributed by atoms with van der Waals surface area (Å²) in [5, 5.41) is 1.98. The highest BCUT2D eigenvalue weighted by Gasteiger charge is 1.90. The molecular formula is C6H7NS2. The smallest absolute Gasteiger partial charge is 0.150 e. The molecule has 0 radical (unpaired) electrons. The van der Waals surface area contributed by atoms with E-state index in [2.05, 4.69) is 11.6 Å². The molecule has 0 amide bonds. The van der Waals surface area contributed by atoms with E-state index in [-0.39, 0.29) is 0 Å². The maximum atomic E-state index is 4.09. The first-order valence-electron chi connectivity index (χ1n) is 2.56. The van der Waals surface area contributed by atoms with Gasteiger partial charge in [-0.2, -0.15) is 0 Å². The molecule has 9 heavy (non-hydrogen) atoms. The molecule has 1 aromatic heterocycles. The first kappa shape index (κ1) is 6.83. The van der Waals surface area contributed by atoms with Crippen LogP contribution in [0, 0.1) is 0 Å². The first-order chi connectivity index (χ1) is 4.43. The van der Waals surface area contributed by atoms with Gasteiger partial charge in [0.2, 0.25) is 0 Å². The van der Waals surface area contributed by atoms with Crippen molar-refractivity contribution in [3.8, 4) is 0 Å². The fourth-order valence-corrected chi connectivity index (χ4v) is 1.81. The molecule has 0 unspecified atom stereocenters. The summed E-state index contributed by atoms with van der Waals surface area (Å²) in [5.74, 6) is 0.952. The Bertz CT molecular complexity index is 169. The monoisotopic (exact) mass is 157 g/mol.